The van der Waals surface area contributed by atoms with Crippen molar-refractivity contribution in [1.29, 1.82) is 0 Å². The van der Waals surface area contributed by atoms with Gasteiger partial charge in [0.25, 0.3) is 5.91 Å². The van der Waals surface area contributed by atoms with Crippen LogP contribution >= 0.6 is 0 Å². The Hall–Kier alpha value is -2.78. The number of nitrogens with zero attached hydrogens (tertiary/aromatic N) is 2. The van der Waals surface area contributed by atoms with Gasteiger partial charge in [-0.25, -0.2) is 4.68 Å². The van der Waals surface area contributed by atoms with E-state index in [1.807, 2.05) is 25.1 Å². The molecule has 2 heterocycles. The molecule has 0 unspecified atom stereocenters. The molecule has 1 aliphatic heterocycles. The molecule has 1 N–H and O–H groups in total. The highest BCUT2D eigenvalue weighted by molar-refractivity contribution is 5.92. The predicted molar refractivity (Wildman–Crippen MR) is 93.9 cm³/mol. The van der Waals surface area contributed by atoms with E-state index in [1.54, 1.807) is 24.1 Å². The van der Waals surface area contributed by atoms with Crippen molar-refractivity contribution in [3.63, 3.8) is 0 Å². The number of aromatic nitrogens is 2. The number of amides is 1. The van der Waals surface area contributed by atoms with Gasteiger partial charge in [-0.2, -0.15) is 5.10 Å². The van der Waals surface area contributed by atoms with E-state index in [-0.39, 0.29) is 17.9 Å². The second-order valence-corrected chi connectivity index (χ2v) is 6.06. The highest BCUT2D eigenvalue weighted by Gasteiger charge is 2.26. The van der Waals surface area contributed by atoms with Crippen molar-refractivity contribution in [3.05, 3.63) is 41.7 Å². The van der Waals surface area contributed by atoms with Gasteiger partial charge in [0.2, 0.25) is 0 Å². The third-order valence-electron chi connectivity index (χ3n) is 4.31. The van der Waals surface area contributed by atoms with Crippen molar-refractivity contribution < 1.29 is 14.3 Å². The monoisotopic (exact) mass is 339 g/mol. The number of benzene rings is 1. The Balaban J connectivity index is 1.78. The fraction of sp³-hybridized carbons (Fsp3) is 0.368. The first-order valence-corrected chi connectivity index (χ1v) is 8.18. The van der Waals surface area contributed by atoms with Gasteiger partial charge in [0.15, 0.2) is 5.69 Å². The van der Waals surface area contributed by atoms with Crippen LogP contribution in [0.15, 0.2) is 30.5 Å². The lowest BCUT2D eigenvalue weighted by molar-refractivity contribution is 0.0926. The summed E-state index contributed by atoms with van der Waals surface area (Å²) in [7, 11) is 1.60. The largest absolute Gasteiger partial charge is 0.494 e. The lowest BCUT2D eigenvalue weighted by atomic mass is 10.00. The molecule has 2 atom stereocenters. The summed E-state index contributed by atoms with van der Waals surface area (Å²) in [5, 5.41) is 7.24. The zero-order chi connectivity index (χ0) is 17.8. The number of hydrogen-bond acceptors (Lipinski definition) is 4. The molecule has 0 saturated carbocycles. The molecule has 0 bridgehead atoms. The first kappa shape index (κ1) is 17.1. The number of ether oxygens (including phenoxy) is 2. The topological polar surface area (TPSA) is 65.4 Å². The number of carbonyl (C=O) groups excluding carboxylic acids is 1. The molecule has 0 aliphatic carbocycles. The predicted octanol–water partition coefficient (Wildman–Crippen LogP) is 1.96. The van der Waals surface area contributed by atoms with Crippen molar-refractivity contribution in [2.75, 3.05) is 20.3 Å². The minimum atomic E-state index is -0.353. The zero-order valence-corrected chi connectivity index (χ0v) is 14.4. The van der Waals surface area contributed by atoms with Gasteiger partial charge in [-0.3, -0.25) is 4.79 Å². The van der Waals surface area contributed by atoms with Gasteiger partial charge < -0.3 is 14.8 Å². The molecule has 1 saturated heterocycles. The van der Waals surface area contributed by atoms with E-state index in [0.717, 1.165) is 17.7 Å². The van der Waals surface area contributed by atoms with E-state index >= 15 is 0 Å². The van der Waals surface area contributed by atoms with E-state index in [0.29, 0.717) is 24.7 Å². The van der Waals surface area contributed by atoms with Gasteiger partial charge in [0, 0.05) is 18.7 Å². The Kier molecular flexibility index (Phi) is 5.05. The SMILES string of the molecule is C#C[C@H](NC(=O)c1ccn(-c2cc(C)ccc2OC)n1)[C@@H]1CCOC1. The minimum absolute atomic E-state index is 0.146. The summed E-state index contributed by atoms with van der Waals surface area (Å²) < 4.78 is 12.3. The second kappa shape index (κ2) is 7.41. The van der Waals surface area contributed by atoms with Gasteiger partial charge >= 0.3 is 0 Å². The minimum Gasteiger partial charge on any atom is -0.494 e. The first-order chi connectivity index (χ1) is 12.1. The number of rotatable bonds is 5. The molecule has 25 heavy (non-hydrogen) atoms. The molecular weight excluding hydrogens is 318 g/mol. The lowest BCUT2D eigenvalue weighted by Crippen LogP contribution is -2.39. The van der Waals surface area contributed by atoms with Crippen LogP contribution in [0, 0.1) is 25.2 Å². The summed E-state index contributed by atoms with van der Waals surface area (Å²) in [5.74, 6) is 3.18. The zero-order valence-electron chi connectivity index (χ0n) is 14.4. The number of carbonyl (C=O) groups is 1. The molecule has 2 aromatic rings. The molecule has 1 fully saturated rings. The number of nitrogens with one attached hydrogen (secondary N) is 1. The van der Waals surface area contributed by atoms with Crippen molar-refractivity contribution in [1.82, 2.24) is 15.1 Å². The van der Waals surface area contributed by atoms with Crippen LogP contribution in [-0.4, -0.2) is 42.1 Å². The van der Waals surface area contributed by atoms with Crippen molar-refractivity contribution in [2.24, 2.45) is 5.92 Å². The maximum absolute atomic E-state index is 12.5. The molecule has 6 nitrogen and oxygen atoms in total. The van der Waals surface area contributed by atoms with Gasteiger partial charge in [-0.15, -0.1) is 6.42 Å². The highest BCUT2D eigenvalue weighted by Crippen LogP contribution is 2.23. The number of terminal acetylenes is 1. The van der Waals surface area contributed by atoms with Crippen LogP contribution in [0.25, 0.3) is 5.69 Å². The van der Waals surface area contributed by atoms with Crippen LogP contribution in [0.2, 0.25) is 0 Å². The summed E-state index contributed by atoms with van der Waals surface area (Å²) in [6.45, 7) is 3.24. The molecule has 1 aromatic carbocycles. The highest BCUT2D eigenvalue weighted by atomic mass is 16.5. The molecular formula is C19H21N3O3. The summed E-state index contributed by atoms with van der Waals surface area (Å²) in [6.07, 6.45) is 8.15. The van der Waals surface area contributed by atoms with E-state index in [2.05, 4.69) is 16.3 Å². The Morgan fingerprint density at radius 2 is 2.36 bits per heavy atom. The molecule has 0 radical (unpaired) electrons. The van der Waals surface area contributed by atoms with Crippen molar-refractivity contribution in [3.8, 4) is 23.8 Å². The van der Waals surface area contributed by atoms with E-state index in [1.165, 1.54) is 0 Å². The quantitative estimate of drug-likeness (QED) is 0.846. The molecule has 0 spiro atoms. The standard InChI is InChI=1S/C19H21N3O3/c1-4-15(14-8-10-25-12-14)20-19(23)16-7-9-22(21-16)17-11-13(2)5-6-18(17)24-3/h1,5-7,9,11,14-15H,8,10,12H2,2-3H3,(H,20,23)/t14-,15+/m1/s1. The van der Waals surface area contributed by atoms with Crippen LogP contribution in [0.5, 0.6) is 5.75 Å². The average Bonchev–Trinajstić information content (AvgIpc) is 3.31. The maximum Gasteiger partial charge on any atom is 0.272 e. The maximum atomic E-state index is 12.5. The van der Waals surface area contributed by atoms with Gasteiger partial charge in [0.1, 0.15) is 11.4 Å². The fourth-order valence-corrected chi connectivity index (χ4v) is 2.88. The van der Waals surface area contributed by atoms with E-state index in [4.69, 9.17) is 15.9 Å². The van der Waals surface area contributed by atoms with Crippen LogP contribution in [0.4, 0.5) is 0 Å². The van der Waals surface area contributed by atoms with Gasteiger partial charge in [-0.05, 0) is 37.1 Å². The molecule has 6 heteroatoms. The van der Waals surface area contributed by atoms with Crippen molar-refractivity contribution in [2.45, 2.75) is 19.4 Å². The summed E-state index contributed by atoms with van der Waals surface area (Å²) in [4.78, 5) is 12.5. The molecule has 1 aromatic heterocycles. The van der Waals surface area contributed by atoms with Crippen molar-refractivity contribution >= 4 is 5.91 Å². The Morgan fingerprint density at radius 1 is 1.52 bits per heavy atom. The van der Waals surface area contributed by atoms with Crippen LogP contribution in [0.1, 0.15) is 22.5 Å². The second-order valence-electron chi connectivity index (χ2n) is 6.06. The van der Waals surface area contributed by atoms with Crippen LogP contribution < -0.4 is 10.1 Å². The smallest absolute Gasteiger partial charge is 0.272 e. The van der Waals surface area contributed by atoms with E-state index in [9.17, 15) is 4.79 Å². The Labute approximate surface area is 147 Å². The summed E-state index contributed by atoms with van der Waals surface area (Å²) in [5.41, 5.74) is 2.16. The van der Waals surface area contributed by atoms with Gasteiger partial charge in [-0.1, -0.05) is 12.0 Å². The first-order valence-electron chi connectivity index (χ1n) is 8.18. The summed E-state index contributed by atoms with van der Waals surface area (Å²) >= 11 is 0. The molecule has 3 rings (SSSR count). The molecule has 130 valence electrons. The van der Waals surface area contributed by atoms with Crippen LogP contribution in [-0.2, 0) is 4.74 Å². The normalized spacial score (nSPS) is 17.7. The molecule has 1 amide bonds. The average molecular weight is 339 g/mol. The summed E-state index contributed by atoms with van der Waals surface area (Å²) in [6, 6.07) is 7.10. The third-order valence-corrected chi connectivity index (χ3v) is 4.31. The fourth-order valence-electron chi connectivity index (χ4n) is 2.88. The number of methoxy groups -OCH3 is 1. The van der Waals surface area contributed by atoms with Crippen LogP contribution in [0.3, 0.4) is 0 Å². The number of aryl methyl sites for hydroxylation is 1. The van der Waals surface area contributed by atoms with E-state index < -0.39 is 0 Å². The Bertz CT molecular complexity index is 800. The Morgan fingerprint density at radius 3 is 3.04 bits per heavy atom. The lowest BCUT2D eigenvalue weighted by Gasteiger charge is -2.17. The van der Waals surface area contributed by atoms with Gasteiger partial charge in [0.05, 0.1) is 19.8 Å². The number of hydrogen-bond donors (Lipinski definition) is 1. The third kappa shape index (κ3) is 3.67. The molecule has 1 aliphatic rings.